The van der Waals surface area contributed by atoms with Crippen molar-refractivity contribution in [1.82, 2.24) is 5.32 Å². The van der Waals surface area contributed by atoms with Crippen LogP contribution < -0.4 is 11.1 Å². The Morgan fingerprint density at radius 2 is 1.88 bits per heavy atom. The van der Waals surface area contributed by atoms with E-state index in [9.17, 15) is 9.59 Å². The third-order valence-electron chi connectivity index (χ3n) is 2.84. The van der Waals surface area contributed by atoms with Crippen LogP contribution in [0.4, 0.5) is 0 Å². The molecule has 2 atom stereocenters. The topological polar surface area (TPSA) is 72.2 Å². The van der Waals surface area contributed by atoms with E-state index >= 15 is 0 Å². The summed E-state index contributed by atoms with van der Waals surface area (Å²) in [6.45, 7) is 3.84. The summed E-state index contributed by atoms with van der Waals surface area (Å²) in [6.07, 6.45) is 0.780. The number of amides is 2. The first kappa shape index (κ1) is 13.2. The van der Waals surface area contributed by atoms with Crippen LogP contribution in [0.3, 0.4) is 0 Å². The minimum atomic E-state index is -0.618. The zero-order chi connectivity index (χ0) is 12.8. The molecule has 1 rings (SSSR count). The molecule has 0 saturated heterocycles. The average molecular weight is 234 g/mol. The summed E-state index contributed by atoms with van der Waals surface area (Å²) in [7, 11) is 0. The number of nitrogens with one attached hydrogen (secondary N) is 1. The summed E-state index contributed by atoms with van der Waals surface area (Å²) in [5, 5.41) is 2.67. The molecular formula is C13H18N2O2. The van der Waals surface area contributed by atoms with Crippen LogP contribution in [0.15, 0.2) is 30.3 Å². The summed E-state index contributed by atoms with van der Waals surface area (Å²) in [5.74, 6) is -0.738. The molecular weight excluding hydrogens is 216 g/mol. The number of carbonyl (C=O) groups is 2. The number of rotatable bonds is 5. The smallest absolute Gasteiger partial charge is 0.251 e. The molecule has 0 saturated carbocycles. The maximum absolute atomic E-state index is 11.9. The number of hydrogen-bond donors (Lipinski definition) is 2. The van der Waals surface area contributed by atoms with Gasteiger partial charge in [-0.2, -0.15) is 0 Å². The van der Waals surface area contributed by atoms with Crippen molar-refractivity contribution in [1.29, 1.82) is 0 Å². The molecule has 0 aliphatic carbocycles. The van der Waals surface area contributed by atoms with Gasteiger partial charge in [0, 0.05) is 5.56 Å². The van der Waals surface area contributed by atoms with Gasteiger partial charge in [0.25, 0.3) is 5.91 Å². The first-order valence-electron chi connectivity index (χ1n) is 5.71. The van der Waals surface area contributed by atoms with Crippen LogP contribution in [0.2, 0.25) is 0 Å². The molecule has 1 aromatic rings. The lowest BCUT2D eigenvalue weighted by molar-refractivity contribution is -0.120. The van der Waals surface area contributed by atoms with Crippen molar-refractivity contribution in [2.24, 2.45) is 11.7 Å². The van der Waals surface area contributed by atoms with Crippen molar-refractivity contribution in [2.75, 3.05) is 0 Å². The fourth-order valence-electron chi connectivity index (χ4n) is 1.54. The molecule has 0 fully saturated rings. The number of nitrogens with two attached hydrogens (primary N) is 1. The molecule has 0 heterocycles. The predicted octanol–water partition coefficient (Wildman–Crippen LogP) is 1.32. The molecule has 0 radical (unpaired) electrons. The minimum Gasteiger partial charge on any atom is -0.368 e. The van der Waals surface area contributed by atoms with Crippen molar-refractivity contribution in [3.8, 4) is 0 Å². The second-order valence-corrected chi connectivity index (χ2v) is 4.11. The van der Waals surface area contributed by atoms with Crippen LogP contribution in [0, 0.1) is 5.92 Å². The zero-order valence-electron chi connectivity index (χ0n) is 10.1. The molecule has 1 aromatic carbocycles. The van der Waals surface area contributed by atoms with Gasteiger partial charge in [0.1, 0.15) is 6.04 Å². The molecule has 4 heteroatoms. The second-order valence-electron chi connectivity index (χ2n) is 4.11. The van der Waals surface area contributed by atoms with Gasteiger partial charge in [0.2, 0.25) is 5.91 Å². The molecule has 3 N–H and O–H groups in total. The number of benzene rings is 1. The van der Waals surface area contributed by atoms with Gasteiger partial charge >= 0.3 is 0 Å². The van der Waals surface area contributed by atoms with E-state index in [2.05, 4.69) is 5.32 Å². The lowest BCUT2D eigenvalue weighted by Crippen LogP contribution is -2.48. The number of primary amides is 1. The maximum atomic E-state index is 11.9. The highest BCUT2D eigenvalue weighted by molar-refractivity contribution is 5.97. The summed E-state index contributed by atoms with van der Waals surface area (Å²) in [4.78, 5) is 23.1. The normalized spacial score (nSPS) is 13.8. The SMILES string of the molecule is CCC(C)[C@H](NC(=O)c1ccccc1)C(N)=O. The van der Waals surface area contributed by atoms with E-state index in [1.165, 1.54) is 0 Å². The van der Waals surface area contributed by atoms with Gasteiger partial charge in [-0.15, -0.1) is 0 Å². The average Bonchev–Trinajstić information content (AvgIpc) is 2.35. The van der Waals surface area contributed by atoms with E-state index in [0.29, 0.717) is 5.56 Å². The van der Waals surface area contributed by atoms with Gasteiger partial charge in [-0.05, 0) is 18.1 Å². The Bertz CT molecular complexity index is 390. The van der Waals surface area contributed by atoms with Crippen molar-refractivity contribution in [2.45, 2.75) is 26.3 Å². The molecule has 0 aromatic heterocycles. The van der Waals surface area contributed by atoms with Crippen molar-refractivity contribution in [3.63, 3.8) is 0 Å². The monoisotopic (exact) mass is 234 g/mol. The first-order chi connectivity index (χ1) is 8.06. The fourth-order valence-corrected chi connectivity index (χ4v) is 1.54. The van der Waals surface area contributed by atoms with Gasteiger partial charge in [-0.3, -0.25) is 9.59 Å². The van der Waals surface area contributed by atoms with Crippen molar-refractivity contribution in [3.05, 3.63) is 35.9 Å². The predicted molar refractivity (Wildman–Crippen MR) is 66.3 cm³/mol. The van der Waals surface area contributed by atoms with Crippen LogP contribution in [-0.4, -0.2) is 17.9 Å². The molecule has 0 aliphatic heterocycles. The lowest BCUT2D eigenvalue weighted by Gasteiger charge is -2.21. The number of hydrogen-bond acceptors (Lipinski definition) is 2. The quantitative estimate of drug-likeness (QED) is 0.806. The number of carbonyl (C=O) groups excluding carboxylic acids is 2. The Kier molecular flexibility index (Phi) is 4.69. The molecule has 92 valence electrons. The Morgan fingerprint density at radius 1 is 1.29 bits per heavy atom. The maximum Gasteiger partial charge on any atom is 0.251 e. The van der Waals surface area contributed by atoms with E-state index < -0.39 is 11.9 Å². The third-order valence-corrected chi connectivity index (χ3v) is 2.84. The Labute approximate surface area is 101 Å². The van der Waals surface area contributed by atoms with E-state index in [-0.39, 0.29) is 11.8 Å². The summed E-state index contributed by atoms with van der Waals surface area (Å²) < 4.78 is 0. The van der Waals surface area contributed by atoms with Crippen LogP contribution in [0.25, 0.3) is 0 Å². The van der Waals surface area contributed by atoms with Gasteiger partial charge < -0.3 is 11.1 Å². The van der Waals surface area contributed by atoms with E-state index in [4.69, 9.17) is 5.73 Å². The lowest BCUT2D eigenvalue weighted by atomic mass is 9.98. The zero-order valence-corrected chi connectivity index (χ0v) is 10.1. The summed E-state index contributed by atoms with van der Waals surface area (Å²) >= 11 is 0. The molecule has 0 spiro atoms. The fraction of sp³-hybridized carbons (Fsp3) is 0.385. The van der Waals surface area contributed by atoms with Crippen LogP contribution in [0.1, 0.15) is 30.6 Å². The van der Waals surface area contributed by atoms with Crippen LogP contribution in [-0.2, 0) is 4.79 Å². The first-order valence-corrected chi connectivity index (χ1v) is 5.71. The Hall–Kier alpha value is -1.84. The Balaban J connectivity index is 2.75. The highest BCUT2D eigenvalue weighted by Gasteiger charge is 2.23. The largest absolute Gasteiger partial charge is 0.368 e. The minimum absolute atomic E-state index is 0.0279. The van der Waals surface area contributed by atoms with Gasteiger partial charge in [-0.1, -0.05) is 38.5 Å². The van der Waals surface area contributed by atoms with Crippen LogP contribution >= 0.6 is 0 Å². The molecule has 2 amide bonds. The summed E-state index contributed by atoms with van der Waals surface area (Å²) in [5.41, 5.74) is 5.82. The Morgan fingerprint density at radius 3 is 2.35 bits per heavy atom. The summed E-state index contributed by atoms with van der Waals surface area (Å²) in [6, 6.07) is 8.16. The van der Waals surface area contributed by atoms with E-state index in [1.54, 1.807) is 24.3 Å². The van der Waals surface area contributed by atoms with E-state index in [0.717, 1.165) is 6.42 Å². The van der Waals surface area contributed by atoms with Gasteiger partial charge in [-0.25, -0.2) is 0 Å². The van der Waals surface area contributed by atoms with E-state index in [1.807, 2.05) is 19.9 Å². The molecule has 0 bridgehead atoms. The second kappa shape index (κ2) is 6.03. The molecule has 0 aliphatic rings. The van der Waals surface area contributed by atoms with Crippen molar-refractivity contribution < 1.29 is 9.59 Å². The van der Waals surface area contributed by atoms with Gasteiger partial charge in [0.05, 0.1) is 0 Å². The third kappa shape index (κ3) is 3.59. The highest BCUT2D eigenvalue weighted by Crippen LogP contribution is 2.08. The molecule has 1 unspecified atom stereocenters. The standard InChI is InChI=1S/C13H18N2O2/c1-3-9(2)11(12(14)16)15-13(17)10-7-5-4-6-8-10/h4-9,11H,3H2,1-2H3,(H2,14,16)(H,15,17)/t9?,11-/m0/s1. The van der Waals surface area contributed by atoms with Gasteiger partial charge in [0.15, 0.2) is 0 Å². The van der Waals surface area contributed by atoms with Crippen LogP contribution in [0.5, 0.6) is 0 Å². The highest BCUT2D eigenvalue weighted by atomic mass is 16.2. The van der Waals surface area contributed by atoms with Crippen molar-refractivity contribution >= 4 is 11.8 Å². The molecule has 4 nitrogen and oxygen atoms in total. The molecule has 17 heavy (non-hydrogen) atoms.